The van der Waals surface area contributed by atoms with Gasteiger partial charge in [0.25, 0.3) is 0 Å². The van der Waals surface area contributed by atoms with Crippen molar-refractivity contribution >= 4 is 5.97 Å². The minimum atomic E-state index is -1.03. The summed E-state index contributed by atoms with van der Waals surface area (Å²) in [7, 11) is 2.68. The molecule has 1 aromatic rings. The third-order valence-corrected chi connectivity index (χ3v) is 1.85. The largest absolute Gasteiger partial charge is 0.493 e. The average molecular weight is 214 g/mol. The van der Waals surface area contributed by atoms with E-state index in [1.165, 1.54) is 20.3 Å². The van der Waals surface area contributed by atoms with Gasteiger partial charge < -0.3 is 14.6 Å². The molecule has 82 valence electrons. The SMILES string of the molecule is COc1cc(CC(=O)O)cc(F)c1OC. The molecule has 0 atom stereocenters. The zero-order valence-electron chi connectivity index (χ0n) is 8.41. The van der Waals surface area contributed by atoms with Gasteiger partial charge in [-0.1, -0.05) is 0 Å². The van der Waals surface area contributed by atoms with E-state index in [9.17, 15) is 9.18 Å². The number of carboxylic acids is 1. The summed E-state index contributed by atoms with van der Waals surface area (Å²) < 4.78 is 23.0. The van der Waals surface area contributed by atoms with E-state index in [2.05, 4.69) is 0 Å². The standard InChI is InChI=1S/C10H11FO4/c1-14-8-4-6(5-9(12)13)3-7(11)10(8)15-2/h3-4H,5H2,1-2H3,(H,12,13). The Kier molecular flexibility index (Phi) is 3.49. The molecular weight excluding hydrogens is 203 g/mol. The van der Waals surface area contributed by atoms with Crippen molar-refractivity contribution in [3.63, 3.8) is 0 Å². The second-order valence-electron chi connectivity index (χ2n) is 2.88. The molecule has 0 heterocycles. The fourth-order valence-corrected chi connectivity index (χ4v) is 1.25. The zero-order valence-corrected chi connectivity index (χ0v) is 8.41. The highest BCUT2D eigenvalue weighted by Gasteiger charge is 2.13. The van der Waals surface area contributed by atoms with Crippen LogP contribution < -0.4 is 9.47 Å². The van der Waals surface area contributed by atoms with Gasteiger partial charge in [-0.25, -0.2) is 4.39 Å². The Morgan fingerprint density at radius 1 is 1.40 bits per heavy atom. The molecule has 1 N–H and O–H groups in total. The molecule has 0 unspecified atom stereocenters. The van der Waals surface area contributed by atoms with Gasteiger partial charge in [0.2, 0.25) is 0 Å². The number of benzene rings is 1. The van der Waals surface area contributed by atoms with Gasteiger partial charge in [0.05, 0.1) is 20.6 Å². The van der Waals surface area contributed by atoms with Crippen molar-refractivity contribution in [3.8, 4) is 11.5 Å². The normalized spacial score (nSPS) is 9.80. The van der Waals surface area contributed by atoms with Gasteiger partial charge in [0.1, 0.15) is 0 Å². The molecule has 0 bridgehead atoms. The fraction of sp³-hybridized carbons (Fsp3) is 0.300. The molecule has 0 aromatic heterocycles. The molecule has 1 aromatic carbocycles. The van der Waals surface area contributed by atoms with E-state index in [0.717, 1.165) is 6.07 Å². The Morgan fingerprint density at radius 2 is 2.07 bits per heavy atom. The van der Waals surface area contributed by atoms with Crippen molar-refractivity contribution in [3.05, 3.63) is 23.5 Å². The van der Waals surface area contributed by atoms with E-state index in [1.807, 2.05) is 0 Å². The third kappa shape index (κ3) is 2.59. The molecule has 15 heavy (non-hydrogen) atoms. The van der Waals surface area contributed by atoms with Crippen LogP contribution in [0.25, 0.3) is 0 Å². The molecule has 0 fully saturated rings. The Morgan fingerprint density at radius 3 is 2.53 bits per heavy atom. The molecule has 0 spiro atoms. The van der Waals surface area contributed by atoms with E-state index in [1.54, 1.807) is 0 Å². The number of carboxylic acid groups (broad SMARTS) is 1. The summed E-state index contributed by atoms with van der Waals surface area (Å²) in [5, 5.41) is 8.55. The number of halogens is 1. The van der Waals surface area contributed by atoms with Crippen molar-refractivity contribution in [2.24, 2.45) is 0 Å². The van der Waals surface area contributed by atoms with Gasteiger partial charge in [-0.05, 0) is 17.7 Å². The summed E-state index contributed by atoms with van der Waals surface area (Å²) in [6.45, 7) is 0. The highest BCUT2D eigenvalue weighted by Crippen LogP contribution is 2.31. The van der Waals surface area contributed by atoms with Gasteiger partial charge >= 0.3 is 5.97 Å². The Bertz CT molecular complexity index is 376. The lowest BCUT2D eigenvalue weighted by Gasteiger charge is -2.09. The minimum absolute atomic E-state index is 0.0216. The van der Waals surface area contributed by atoms with Gasteiger partial charge in [-0.3, -0.25) is 4.79 Å². The molecule has 0 aliphatic carbocycles. The lowest BCUT2D eigenvalue weighted by Crippen LogP contribution is -2.02. The Labute approximate surface area is 86.2 Å². The molecular formula is C10H11FO4. The number of rotatable bonds is 4. The van der Waals surface area contributed by atoms with E-state index >= 15 is 0 Å². The van der Waals surface area contributed by atoms with Crippen molar-refractivity contribution < 1.29 is 23.8 Å². The van der Waals surface area contributed by atoms with Crippen molar-refractivity contribution in [2.45, 2.75) is 6.42 Å². The molecule has 0 saturated carbocycles. The second-order valence-corrected chi connectivity index (χ2v) is 2.88. The van der Waals surface area contributed by atoms with Crippen LogP contribution in [0.4, 0.5) is 4.39 Å². The predicted molar refractivity (Wildman–Crippen MR) is 50.8 cm³/mol. The first-order chi connectivity index (χ1) is 7.08. The van der Waals surface area contributed by atoms with Gasteiger partial charge in [0.15, 0.2) is 17.3 Å². The van der Waals surface area contributed by atoms with Crippen LogP contribution in [-0.4, -0.2) is 25.3 Å². The van der Waals surface area contributed by atoms with Crippen LogP contribution >= 0.6 is 0 Å². The molecule has 0 aliphatic rings. The zero-order chi connectivity index (χ0) is 11.4. The predicted octanol–water partition coefficient (Wildman–Crippen LogP) is 1.47. The highest BCUT2D eigenvalue weighted by molar-refractivity contribution is 5.70. The molecule has 0 aliphatic heterocycles. The molecule has 5 heteroatoms. The molecule has 4 nitrogen and oxygen atoms in total. The number of hydrogen-bond donors (Lipinski definition) is 1. The highest BCUT2D eigenvalue weighted by atomic mass is 19.1. The lowest BCUT2D eigenvalue weighted by molar-refractivity contribution is -0.136. The van der Waals surface area contributed by atoms with E-state index in [4.69, 9.17) is 14.6 Å². The Hall–Kier alpha value is -1.78. The van der Waals surface area contributed by atoms with Gasteiger partial charge in [-0.2, -0.15) is 0 Å². The first-order valence-corrected chi connectivity index (χ1v) is 4.20. The summed E-state index contributed by atoms with van der Waals surface area (Å²) in [5.74, 6) is -1.49. The first-order valence-electron chi connectivity index (χ1n) is 4.20. The number of ether oxygens (including phenoxy) is 2. The average Bonchev–Trinajstić information content (AvgIpc) is 2.15. The van der Waals surface area contributed by atoms with Crippen LogP contribution in [0.1, 0.15) is 5.56 Å². The quantitative estimate of drug-likeness (QED) is 0.824. The number of carbonyl (C=O) groups is 1. The van der Waals surface area contributed by atoms with E-state index in [0.29, 0.717) is 5.56 Å². The lowest BCUT2D eigenvalue weighted by atomic mass is 10.1. The second kappa shape index (κ2) is 4.63. The molecule has 0 amide bonds. The number of hydrogen-bond acceptors (Lipinski definition) is 3. The van der Waals surface area contributed by atoms with Crippen molar-refractivity contribution in [2.75, 3.05) is 14.2 Å². The monoisotopic (exact) mass is 214 g/mol. The number of methoxy groups -OCH3 is 2. The van der Waals surface area contributed by atoms with E-state index in [-0.39, 0.29) is 17.9 Å². The van der Waals surface area contributed by atoms with Crippen LogP contribution in [0.2, 0.25) is 0 Å². The maximum atomic E-state index is 13.4. The topological polar surface area (TPSA) is 55.8 Å². The van der Waals surface area contributed by atoms with Crippen LogP contribution in [0.5, 0.6) is 11.5 Å². The summed E-state index contributed by atoms with van der Waals surface area (Å²) in [5.41, 5.74) is 0.331. The summed E-state index contributed by atoms with van der Waals surface area (Å²) in [6.07, 6.45) is -0.253. The van der Waals surface area contributed by atoms with E-state index < -0.39 is 11.8 Å². The first kappa shape index (κ1) is 11.3. The molecule has 1 rings (SSSR count). The molecule has 0 radical (unpaired) electrons. The fourth-order valence-electron chi connectivity index (χ4n) is 1.25. The van der Waals surface area contributed by atoms with Crippen molar-refractivity contribution in [1.29, 1.82) is 0 Å². The minimum Gasteiger partial charge on any atom is -0.493 e. The maximum Gasteiger partial charge on any atom is 0.307 e. The summed E-state index contributed by atoms with van der Waals surface area (Å²) in [6, 6.07) is 2.56. The smallest absolute Gasteiger partial charge is 0.307 e. The van der Waals surface area contributed by atoms with Crippen LogP contribution in [0, 0.1) is 5.82 Å². The van der Waals surface area contributed by atoms with Gasteiger partial charge in [-0.15, -0.1) is 0 Å². The van der Waals surface area contributed by atoms with Crippen LogP contribution in [0.15, 0.2) is 12.1 Å². The third-order valence-electron chi connectivity index (χ3n) is 1.85. The van der Waals surface area contributed by atoms with Crippen LogP contribution in [0.3, 0.4) is 0 Å². The van der Waals surface area contributed by atoms with Crippen molar-refractivity contribution in [1.82, 2.24) is 0 Å². The van der Waals surface area contributed by atoms with Gasteiger partial charge in [0, 0.05) is 0 Å². The maximum absolute atomic E-state index is 13.4. The Balaban J connectivity index is 3.13. The summed E-state index contributed by atoms with van der Waals surface area (Å²) in [4.78, 5) is 10.4. The van der Waals surface area contributed by atoms with Crippen LogP contribution in [-0.2, 0) is 11.2 Å². The molecule has 0 saturated heterocycles. The summed E-state index contributed by atoms with van der Waals surface area (Å²) >= 11 is 0. The number of aliphatic carboxylic acids is 1.